The van der Waals surface area contributed by atoms with Crippen molar-refractivity contribution in [2.45, 2.75) is 33.1 Å². The van der Waals surface area contributed by atoms with Crippen LogP contribution in [0.3, 0.4) is 0 Å². The average Bonchev–Trinajstić information content (AvgIpc) is 2.39. The van der Waals surface area contributed by atoms with E-state index in [1.165, 1.54) is 54.4 Å². The van der Waals surface area contributed by atoms with E-state index in [0.717, 1.165) is 11.4 Å². The number of fused-ring (bicyclic) bond motifs is 1. The van der Waals surface area contributed by atoms with E-state index in [9.17, 15) is 0 Å². The smallest absolute Gasteiger partial charge is 0.0731 e. The van der Waals surface area contributed by atoms with E-state index in [-0.39, 0.29) is 0 Å². The van der Waals surface area contributed by atoms with Crippen molar-refractivity contribution in [2.24, 2.45) is 5.92 Å². The Morgan fingerprint density at radius 3 is 2.74 bits per heavy atom. The van der Waals surface area contributed by atoms with Crippen LogP contribution in [0.15, 0.2) is 24.4 Å². The SMILES string of the molecule is Cc1cc(C)c2ncc(CC3CCNCC3)cc2c1. The molecular weight excluding hydrogens is 232 g/mol. The maximum atomic E-state index is 4.67. The van der Waals surface area contributed by atoms with Crippen molar-refractivity contribution in [2.75, 3.05) is 13.1 Å². The van der Waals surface area contributed by atoms with Crippen molar-refractivity contribution >= 4 is 10.9 Å². The van der Waals surface area contributed by atoms with Gasteiger partial charge in [-0.3, -0.25) is 4.98 Å². The number of pyridine rings is 1. The molecule has 0 spiro atoms. The first-order chi connectivity index (χ1) is 9.22. The Kier molecular flexibility index (Phi) is 3.52. The molecule has 1 N–H and O–H groups in total. The maximum absolute atomic E-state index is 4.67. The summed E-state index contributed by atoms with van der Waals surface area (Å²) in [4.78, 5) is 4.67. The minimum absolute atomic E-state index is 0.825. The lowest BCUT2D eigenvalue weighted by molar-refractivity contribution is 0.372. The highest BCUT2D eigenvalue weighted by Crippen LogP contribution is 2.23. The fourth-order valence-electron chi connectivity index (χ4n) is 3.19. The molecule has 2 heteroatoms. The van der Waals surface area contributed by atoms with Crippen LogP contribution in [0.4, 0.5) is 0 Å². The van der Waals surface area contributed by atoms with Crippen LogP contribution in [0.1, 0.15) is 29.5 Å². The van der Waals surface area contributed by atoms with Crippen LogP contribution in [0.25, 0.3) is 10.9 Å². The number of rotatable bonds is 2. The van der Waals surface area contributed by atoms with Gasteiger partial charge in [-0.1, -0.05) is 11.6 Å². The van der Waals surface area contributed by atoms with Crippen LogP contribution in [-0.2, 0) is 6.42 Å². The Hall–Kier alpha value is -1.41. The van der Waals surface area contributed by atoms with Gasteiger partial charge >= 0.3 is 0 Å². The molecule has 0 saturated carbocycles. The molecule has 0 radical (unpaired) electrons. The summed E-state index contributed by atoms with van der Waals surface area (Å²) < 4.78 is 0. The van der Waals surface area contributed by atoms with E-state index in [1.54, 1.807) is 0 Å². The Morgan fingerprint density at radius 2 is 1.95 bits per heavy atom. The normalized spacial score (nSPS) is 16.9. The molecule has 1 aromatic heterocycles. The lowest BCUT2D eigenvalue weighted by Crippen LogP contribution is -2.28. The first kappa shape index (κ1) is 12.6. The van der Waals surface area contributed by atoms with E-state index in [2.05, 4.69) is 48.5 Å². The number of hydrogen-bond acceptors (Lipinski definition) is 2. The van der Waals surface area contributed by atoms with Gasteiger partial charge in [-0.2, -0.15) is 0 Å². The van der Waals surface area contributed by atoms with Gasteiger partial charge in [0.15, 0.2) is 0 Å². The molecule has 19 heavy (non-hydrogen) atoms. The third-order valence-electron chi connectivity index (χ3n) is 4.16. The fraction of sp³-hybridized carbons (Fsp3) is 0.471. The second kappa shape index (κ2) is 5.30. The second-order valence-corrected chi connectivity index (χ2v) is 5.89. The van der Waals surface area contributed by atoms with Gasteiger partial charge in [0.05, 0.1) is 5.52 Å². The number of benzene rings is 1. The van der Waals surface area contributed by atoms with Gasteiger partial charge in [-0.25, -0.2) is 0 Å². The molecule has 100 valence electrons. The summed E-state index contributed by atoms with van der Waals surface area (Å²) in [6, 6.07) is 6.80. The molecule has 0 unspecified atom stereocenters. The largest absolute Gasteiger partial charge is 0.317 e. The van der Waals surface area contributed by atoms with Crippen LogP contribution >= 0.6 is 0 Å². The summed E-state index contributed by atoms with van der Waals surface area (Å²) >= 11 is 0. The standard InChI is InChI=1S/C17H22N2/c1-12-7-13(2)17-16(8-12)10-15(11-19-17)9-14-3-5-18-6-4-14/h7-8,10-11,14,18H,3-6,9H2,1-2H3. The molecule has 1 aliphatic rings. The van der Waals surface area contributed by atoms with E-state index in [1.807, 2.05) is 0 Å². The molecule has 0 atom stereocenters. The number of nitrogens with one attached hydrogen (secondary N) is 1. The molecule has 0 aliphatic carbocycles. The van der Waals surface area contributed by atoms with Crippen molar-refractivity contribution in [1.82, 2.24) is 10.3 Å². The van der Waals surface area contributed by atoms with Gasteiger partial charge in [0.25, 0.3) is 0 Å². The Labute approximate surface area is 115 Å². The zero-order chi connectivity index (χ0) is 13.2. The summed E-state index contributed by atoms with van der Waals surface area (Å²) in [5.41, 5.74) is 5.15. The summed E-state index contributed by atoms with van der Waals surface area (Å²) in [5, 5.41) is 4.72. The van der Waals surface area contributed by atoms with Crippen molar-refractivity contribution in [3.8, 4) is 0 Å². The van der Waals surface area contributed by atoms with Crippen molar-refractivity contribution < 1.29 is 0 Å². The summed E-state index contributed by atoms with van der Waals surface area (Å²) in [5.74, 6) is 0.825. The minimum Gasteiger partial charge on any atom is -0.317 e. The third kappa shape index (κ3) is 2.79. The van der Waals surface area contributed by atoms with Crippen molar-refractivity contribution in [3.05, 3.63) is 41.1 Å². The molecule has 1 saturated heterocycles. The van der Waals surface area contributed by atoms with Gasteiger partial charge in [0.1, 0.15) is 0 Å². The number of aromatic nitrogens is 1. The predicted octanol–water partition coefficient (Wildman–Crippen LogP) is 3.39. The van der Waals surface area contributed by atoms with E-state index >= 15 is 0 Å². The van der Waals surface area contributed by atoms with Crippen LogP contribution < -0.4 is 5.32 Å². The molecule has 1 aliphatic heterocycles. The Morgan fingerprint density at radius 1 is 1.16 bits per heavy atom. The van der Waals surface area contributed by atoms with E-state index in [4.69, 9.17) is 0 Å². The van der Waals surface area contributed by atoms with Gasteiger partial charge in [-0.15, -0.1) is 0 Å². The Bertz CT molecular complexity index is 583. The molecule has 0 amide bonds. The highest BCUT2D eigenvalue weighted by atomic mass is 14.9. The quantitative estimate of drug-likeness (QED) is 0.888. The molecular formula is C17H22N2. The number of nitrogens with zero attached hydrogens (tertiary/aromatic N) is 1. The predicted molar refractivity (Wildman–Crippen MR) is 80.5 cm³/mol. The van der Waals surface area contributed by atoms with Crippen molar-refractivity contribution in [1.29, 1.82) is 0 Å². The molecule has 2 heterocycles. The summed E-state index contributed by atoms with van der Waals surface area (Å²) in [6.07, 6.45) is 5.85. The topological polar surface area (TPSA) is 24.9 Å². The van der Waals surface area contributed by atoms with Gasteiger partial charge < -0.3 is 5.32 Å². The third-order valence-corrected chi connectivity index (χ3v) is 4.16. The highest BCUT2D eigenvalue weighted by molar-refractivity contribution is 5.82. The number of hydrogen-bond donors (Lipinski definition) is 1. The van der Waals surface area contributed by atoms with Crippen molar-refractivity contribution in [3.63, 3.8) is 0 Å². The molecule has 2 nitrogen and oxygen atoms in total. The second-order valence-electron chi connectivity index (χ2n) is 5.89. The van der Waals surface area contributed by atoms with Gasteiger partial charge in [0, 0.05) is 11.6 Å². The zero-order valence-electron chi connectivity index (χ0n) is 11.9. The number of aryl methyl sites for hydroxylation is 2. The van der Waals surface area contributed by atoms with Crippen LogP contribution in [0.2, 0.25) is 0 Å². The van der Waals surface area contributed by atoms with Gasteiger partial charge in [-0.05, 0) is 75.4 Å². The molecule has 0 bridgehead atoms. The monoisotopic (exact) mass is 254 g/mol. The summed E-state index contributed by atoms with van der Waals surface area (Å²) in [6.45, 7) is 6.65. The van der Waals surface area contributed by atoms with E-state index < -0.39 is 0 Å². The lowest BCUT2D eigenvalue weighted by atomic mass is 9.91. The molecule has 2 aromatic rings. The van der Waals surface area contributed by atoms with Gasteiger partial charge in [0.2, 0.25) is 0 Å². The van der Waals surface area contributed by atoms with Crippen LogP contribution in [0, 0.1) is 19.8 Å². The summed E-state index contributed by atoms with van der Waals surface area (Å²) in [7, 11) is 0. The fourth-order valence-corrected chi connectivity index (χ4v) is 3.19. The first-order valence-corrected chi connectivity index (χ1v) is 7.29. The lowest BCUT2D eigenvalue weighted by Gasteiger charge is -2.22. The minimum atomic E-state index is 0.825. The molecule has 3 rings (SSSR count). The average molecular weight is 254 g/mol. The molecule has 1 aromatic carbocycles. The maximum Gasteiger partial charge on any atom is 0.0731 e. The van der Waals surface area contributed by atoms with Crippen LogP contribution in [0.5, 0.6) is 0 Å². The number of piperidine rings is 1. The van der Waals surface area contributed by atoms with Crippen LogP contribution in [-0.4, -0.2) is 18.1 Å². The molecule has 1 fully saturated rings. The Balaban J connectivity index is 1.88. The zero-order valence-corrected chi connectivity index (χ0v) is 11.9. The van der Waals surface area contributed by atoms with E-state index in [0.29, 0.717) is 0 Å². The highest BCUT2D eigenvalue weighted by Gasteiger charge is 2.14. The first-order valence-electron chi connectivity index (χ1n) is 7.29.